The van der Waals surface area contributed by atoms with Gasteiger partial charge >= 0.3 is 0 Å². The Kier molecular flexibility index (Phi) is 5.52. The first-order valence-electron chi connectivity index (χ1n) is 9.68. The van der Waals surface area contributed by atoms with E-state index in [-0.39, 0.29) is 11.9 Å². The van der Waals surface area contributed by atoms with E-state index in [1.165, 1.54) is 9.80 Å². The molecule has 0 bridgehead atoms. The molecule has 1 unspecified atom stereocenters. The van der Waals surface area contributed by atoms with Gasteiger partial charge in [-0.15, -0.1) is 11.8 Å². The van der Waals surface area contributed by atoms with Crippen molar-refractivity contribution >= 4 is 23.6 Å². The maximum atomic E-state index is 13.3. The Morgan fingerprint density at radius 2 is 1.97 bits per heavy atom. The van der Waals surface area contributed by atoms with E-state index in [0.29, 0.717) is 32.0 Å². The molecular formula is C22H25N3O3S. The molecule has 0 radical (unpaired) electrons. The van der Waals surface area contributed by atoms with Crippen molar-refractivity contribution in [1.82, 2.24) is 4.90 Å². The number of hydrogen-bond donors (Lipinski definition) is 1. The van der Waals surface area contributed by atoms with Gasteiger partial charge in [-0.2, -0.15) is 0 Å². The van der Waals surface area contributed by atoms with Gasteiger partial charge in [0.15, 0.2) is 11.5 Å². The average Bonchev–Trinajstić information content (AvgIpc) is 2.97. The quantitative estimate of drug-likeness (QED) is 0.768. The molecule has 29 heavy (non-hydrogen) atoms. The molecule has 152 valence electrons. The van der Waals surface area contributed by atoms with Crippen LogP contribution in [0.3, 0.4) is 0 Å². The molecule has 2 aliphatic heterocycles. The molecule has 1 spiro atoms. The highest BCUT2D eigenvalue weighted by atomic mass is 32.2. The third kappa shape index (κ3) is 3.60. The van der Waals surface area contributed by atoms with Crippen LogP contribution in [-0.4, -0.2) is 49.9 Å². The minimum absolute atomic E-state index is 0.154. The smallest absolute Gasteiger partial charge is 0.261 e. The predicted molar refractivity (Wildman–Crippen MR) is 115 cm³/mol. The van der Waals surface area contributed by atoms with Crippen LogP contribution in [0.1, 0.15) is 18.4 Å². The highest BCUT2D eigenvalue weighted by molar-refractivity contribution is 7.98. The molecule has 2 heterocycles. The van der Waals surface area contributed by atoms with Gasteiger partial charge in [0.25, 0.3) is 5.91 Å². The van der Waals surface area contributed by atoms with Gasteiger partial charge in [0.1, 0.15) is 5.75 Å². The number of carbonyl (C=O) groups excluding carboxylic acids is 1. The van der Waals surface area contributed by atoms with E-state index in [1.54, 1.807) is 18.8 Å². The number of hydrogen-bond acceptors (Lipinski definition) is 6. The van der Waals surface area contributed by atoms with Crippen molar-refractivity contribution < 1.29 is 14.3 Å². The fourth-order valence-electron chi connectivity index (χ4n) is 3.80. The van der Waals surface area contributed by atoms with Crippen molar-refractivity contribution in [1.29, 1.82) is 0 Å². The van der Waals surface area contributed by atoms with Gasteiger partial charge in [-0.25, -0.2) is 4.99 Å². The molecule has 1 amide bonds. The molecule has 2 aliphatic rings. The Hall–Kier alpha value is -2.51. The molecule has 4 rings (SSSR count). The molecule has 2 N–H and O–H groups in total. The number of guanidine groups is 1. The van der Waals surface area contributed by atoms with Crippen molar-refractivity contribution in [2.75, 3.05) is 33.1 Å². The van der Waals surface area contributed by atoms with E-state index in [2.05, 4.69) is 29.4 Å². The number of fused-ring (bicyclic) bond motifs is 2. The standard InChI is InChI=1S/C22H25N3O3S/c1-25-20(26)22(24-21(25)23)9-12-27-10-4-11-28-19-8-7-16(14-18(19)22)15-5-3-6-17(13-15)29-2/h3,5-8,13-14H,4,9-12H2,1-2H3,(H2,23,24). The van der Waals surface area contributed by atoms with Crippen molar-refractivity contribution in [3.63, 3.8) is 0 Å². The third-order valence-electron chi connectivity index (χ3n) is 5.43. The van der Waals surface area contributed by atoms with Gasteiger partial charge in [-0.3, -0.25) is 9.69 Å². The van der Waals surface area contributed by atoms with Crippen molar-refractivity contribution in [2.24, 2.45) is 10.7 Å². The van der Waals surface area contributed by atoms with Gasteiger partial charge in [0.05, 0.1) is 6.61 Å². The molecule has 2 aromatic rings. The lowest BCUT2D eigenvalue weighted by atomic mass is 9.84. The van der Waals surface area contributed by atoms with Crippen LogP contribution in [0.4, 0.5) is 0 Å². The second-order valence-corrected chi connectivity index (χ2v) is 8.08. The minimum atomic E-state index is -1.13. The number of likely N-dealkylation sites (N-methyl/N-ethyl adjacent to an activating group) is 1. The predicted octanol–water partition coefficient (Wildman–Crippen LogP) is 3.25. The van der Waals surface area contributed by atoms with E-state index in [0.717, 1.165) is 23.1 Å². The van der Waals surface area contributed by atoms with Crippen LogP contribution in [0.15, 0.2) is 52.4 Å². The van der Waals surface area contributed by atoms with Crippen LogP contribution in [0.25, 0.3) is 11.1 Å². The third-order valence-corrected chi connectivity index (χ3v) is 6.16. The molecule has 1 atom stereocenters. The van der Waals surface area contributed by atoms with Crippen LogP contribution in [0, 0.1) is 0 Å². The first-order chi connectivity index (χ1) is 14.0. The Labute approximate surface area is 175 Å². The lowest BCUT2D eigenvalue weighted by molar-refractivity contribution is -0.131. The number of aliphatic imine (C=N–C) groups is 1. The monoisotopic (exact) mass is 411 g/mol. The zero-order valence-corrected chi connectivity index (χ0v) is 17.5. The van der Waals surface area contributed by atoms with Gasteiger partial charge in [0.2, 0.25) is 0 Å². The normalized spacial score (nSPS) is 22.2. The Balaban J connectivity index is 1.88. The Morgan fingerprint density at radius 1 is 1.14 bits per heavy atom. The zero-order valence-electron chi connectivity index (χ0n) is 16.7. The second kappa shape index (κ2) is 8.08. The minimum Gasteiger partial charge on any atom is -0.493 e. The molecule has 7 heteroatoms. The molecule has 0 saturated heterocycles. The number of thioether (sulfide) groups is 1. The van der Waals surface area contributed by atoms with Crippen molar-refractivity contribution in [2.45, 2.75) is 23.3 Å². The summed E-state index contributed by atoms with van der Waals surface area (Å²) in [7, 11) is 1.65. The number of carbonyl (C=O) groups is 1. The molecular weight excluding hydrogens is 386 g/mol. The lowest BCUT2D eigenvalue weighted by Crippen LogP contribution is -2.41. The van der Waals surface area contributed by atoms with E-state index >= 15 is 0 Å². The zero-order chi connectivity index (χ0) is 20.4. The largest absolute Gasteiger partial charge is 0.493 e. The van der Waals surface area contributed by atoms with E-state index in [9.17, 15) is 4.79 Å². The summed E-state index contributed by atoms with van der Waals surface area (Å²) in [6, 6.07) is 14.3. The number of rotatable bonds is 2. The Morgan fingerprint density at radius 3 is 2.72 bits per heavy atom. The summed E-state index contributed by atoms with van der Waals surface area (Å²) in [6.45, 7) is 1.55. The molecule has 0 fully saturated rings. The number of ether oxygens (including phenoxy) is 2. The first-order valence-corrected chi connectivity index (χ1v) is 10.9. The highest BCUT2D eigenvalue weighted by Crippen LogP contribution is 2.43. The summed E-state index contributed by atoms with van der Waals surface area (Å²) in [5, 5.41) is 0. The highest BCUT2D eigenvalue weighted by Gasteiger charge is 2.49. The topological polar surface area (TPSA) is 77.2 Å². The number of nitrogens with two attached hydrogens (primary N) is 1. The number of nitrogens with zero attached hydrogens (tertiary/aromatic N) is 2. The van der Waals surface area contributed by atoms with Crippen molar-refractivity contribution in [3.8, 4) is 16.9 Å². The molecule has 2 aromatic carbocycles. The van der Waals surface area contributed by atoms with Gasteiger partial charge in [-0.1, -0.05) is 18.2 Å². The van der Waals surface area contributed by atoms with Crippen LogP contribution < -0.4 is 10.5 Å². The fraction of sp³-hybridized carbons (Fsp3) is 0.364. The summed E-state index contributed by atoms with van der Waals surface area (Å²) in [5.41, 5.74) is 7.76. The van der Waals surface area contributed by atoms with E-state index in [1.807, 2.05) is 24.3 Å². The van der Waals surface area contributed by atoms with Gasteiger partial charge in [-0.05, 0) is 41.6 Å². The van der Waals surface area contributed by atoms with Crippen LogP contribution in [0.2, 0.25) is 0 Å². The molecule has 0 aliphatic carbocycles. The summed E-state index contributed by atoms with van der Waals surface area (Å²) in [4.78, 5) is 20.5. The van der Waals surface area contributed by atoms with Crippen LogP contribution in [-0.2, 0) is 15.1 Å². The maximum Gasteiger partial charge on any atom is 0.261 e. The second-order valence-electron chi connectivity index (χ2n) is 7.20. The van der Waals surface area contributed by atoms with Crippen molar-refractivity contribution in [3.05, 3.63) is 48.0 Å². The molecule has 0 saturated carbocycles. The van der Waals surface area contributed by atoms with Gasteiger partial charge in [0, 0.05) is 43.6 Å². The summed E-state index contributed by atoms with van der Waals surface area (Å²) in [5.74, 6) is 0.740. The maximum absolute atomic E-state index is 13.3. The van der Waals surface area contributed by atoms with E-state index < -0.39 is 5.54 Å². The average molecular weight is 412 g/mol. The SMILES string of the molecule is CSc1cccc(-c2ccc3c(c2)C2(CCOCCCO3)N=C(N)N(C)C2=O)c1. The lowest BCUT2D eigenvalue weighted by Gasteiger charge is -2.29. The Bertz CT molecular complexity index is 962. The van der Waals surface area contributed by atoms with E-state index in [4.69, 9.17) is 15.2 Å². The van der Waals surface area contributed by atoms with Gasteiger partial charge < -0.3 is 15.2 Å². The fourth-order valence-corrected chi connectivity index (χ4v) is 4.26. The molecule has 0 aromatic heterocycles. The summed E-state index contributed by atoms with van der Waals surface area (Å²) >= 11 is 1.70. The number of benzene rings is 2. The van der Waals surface area contributed by atoms with Crippen LogP contribution >= 0.6 is 11.8 Å². The van der Waals surface area contributed by atoms with Crippen LogP contribution in [0.5, 0.6) is 5.75 Å². The summed E-state index contributed by atoms with van der Waals surface area (Å²) in [6.07, 6.45) is 3.27. The first kappa shape index (κ1) is 19.8. The number of amides is 1. The molecule has 6 nitrogen and oxygen atoms in total. The summed E-state index contributed by atoms with van der Waals surface area (Å²) < 4.78 is 11.8.